The first-order valence-corrected chi connectivity index (χ1v) is 9.85. The Kier molecular flexibility index (Phi) is 5.33. The molecule has 1 N–H and O–H groups in total. The Morgan fingerprint density at radius 1 is 1.13 bits per heavy atom. The first-order chi connectivity index (χ1) is 15.0. The number of rotatable bonds is 6. The summed E-state index contributed by atoms with van der Waals surface area (Å²) in [5, 5.41) is 2.90. The highest BCUT2D eigenvalue weighted by Crippen LogP contribution is 2.34. The number of carbonyl (C=O) groups is 2. The highest BCUT2D eigenvalue weighted by molar-refractivity contribution is 6.17. The Labute approximate surface area is 180 Å². The summed E-state index contributed by atoms with van der Waals surface area (Å²) in [5.41, 5.74) is 0.453. The molecule has 0 bridgehead atoms. The summed E-state index contributed by atoms with van der Waals surface area (Å²) in [6.45, 7) is 1.88. The highest BCUT2D eigenvalue weighted by atomic mass is 16.5. The SMILES string of the molecule is COc1ccc(OC)c(CC2(NC(=O)c3ccccc3)N=C3C(C)=CC=CN3C2=O)c1. The number of hydrogen-bond acceptors (Lipinski definition) is 5. The summed E-state index contributed by atoms with van der Waals surface area (Å²) in [5.74, 6) is 0.996. The van der Waals surface area contributed by atoms with E-state index in [9.17, 15) is 9.59 Å². The minimum absolute atomic E-state index is 0.103. The van der Waals surface area contributed by atoms with Crippen LogP contribution in [0.1, 0.15) is 22.8 Å². The van der Waals surface area contributed by atoms with Gasteiger partial charge >= 0.3 is 0 Å². The molecule has 0 radical (unpaired) electrons. The van der Waals surface area contributed by atoms with Gasteiger partial charge in [-0.1, -0.05) is 24.3 Å². The maximum Gasteiger partial charge on any atom is 0.281 e. The zero-order chi connectivity index (χ0) is 22.0. The monoisotopic (exact) mass is 417 g/mol. The lowest BCUT2D eigenvalue weighted by molar-refractivity contribution is -0.130. The number of methoxy groups -OCH3 is 2. The van der Waals surface area contributed by atoms with Crippen molar-refractivity contribution < 1.29 is 19.1 Å². The molecule has 2 aliphatic heterocycles. The molecule has 31 heavy (non-hydrogen) atoms. The molecule has 0 fully saturated rings. The third-order valence-electron chi connectivity index (χ3n) is 5.32. The van der Waals surface area contributed by atoms with E-state index < -0.39 is 5.66 Å². The molecule has 7 nitrogen and oxygen atoms in total. The van der Waals surface area contributed by atoms with E-state index in [2.05, 4.69) is 5.32 Å². The van der Waals surface area contributed by atoms with Crippen LogP contribution in [0.5, 0.6) is 11.5 Å². The number of amides is 2. The minimum Gasteiger partial charge on any atom is -0.497 e. The molecule has 0 spiro atoms. The first kappa shape index (κ1) is 20.4. The molecule has 0 aliphatic carbocycles. The van der Waals surface area contributed by atoms with E-state index in [1.54, 1.807) is 69.0 Å². The third-order valence-corrected chi connectivity index (χ3v) is 5.32. The van der Waals surface area contributed by atoms with Gasteiger partial charge in [-0.3, -0.25) is 14.5 Å². The van der Waals surface area contributed by atoms with E-state index in [0.717, 1.165) is 5.57 Å². The standard InChI is InChI=1S/C24H23N3O4/c1-16-8-7-13-27-21(16)25-24(23(27)29,26-22(28)17-9-5-4-6-10-17)15-18-14-19(30-2)11-12-20(18)31-3/h4-14H,15H2,1-3H3,(H,26,28). The van der Waals surface area contributed by atoms with Crippen molar-refractivity contribution in [3.63, 3.8) is 0 Å². The molecular weight excluding hydrogens is 394 g/mol. The van der Waals surface area contributed by atoms with Crippen molar-refractivity contribution in [2.45, 2.75) is 19.0 Å². The zero-order valence-electron chi connectivity index (χ0n) is 17.6. The molecule has 1 unspecified atom stereocenters. The van der Waals surface area contributed by atoms with Gasteiger partial charge in [0.15, 0.2) is 0 Å². The summed E-state index contributed by atoms with van der Waals surface area (Å²) in [6.07, 6.45) is 5.43. The Hall–Kier alpha value is -3.87. The average molecular weight is 417 g/mol. The Balaban J connectivity index is 1.79. The van der Waals surface area contributed by atoms with Gasteiger partial charge in [0.25, 0.3) is 11.8 Å². The van der Waals surface area contributed by atoms with Crippen LogP contribution in [-0.2, 0) is 11.2 Å². The van der Waals surface area contributed by atoms with E-state index in [4.69, 9.17) is 14.5 Å². The molecule has 7 heteroatoms. The number of benzene rings is 2. The summed E-state index contributed by atoms with van der Waals surface area (Å²) in [7, 11) is 3.13. The molecule has 2 amide bonds. The maximum atomic E-state index is 13.6. The average Bonchev–Trinajstić information content (AvgIpc) is 3.07. The first-order valence-electron chi connectivity index (χ1n) is 9.85. The van der Waals surface area contributed by atoms with Gasteiger partial charge in [0.2, 0.25) is 5.66 Å². The molecule has 1 atom stereocenters. The van der Waals surface area contributed by atoms with E-state index in [1.165, 1.54) is 4.90 Å². The molecule has 0 saturated heterocycles. The van der Waals surface area contributed by atoms with Crippen LogP contribution in [0, 0.1) is 0 Å². The number of hydrogen-bond donors (Lipinski definition) is 1. The second-order valence-electron chi connectivity index (χ2n) is 7.34. The number of nitrogens with zero attached hydrogens (tertiary/aromatic N) is 2. The van der Waals surface area contributed by atoms with Crippen LogP contribution in [0.3, 0.4) is 0 Å². The highest BCUT2D eigenvalue weighted by Gasteiger charge is 2.50. The van der Waals surface area contributed by atoms with Crippen molar-refractivity contribution in [2.24, 2.45) is 4.99 Å². The number of amidine groups is 1. The molecule has 2 heterocycles. The van der Waals surface area contributed by atoms with Crippen molar-refractivity contribution in [3.05, 3.63) is 83.6 Å². The minimum atomic E-state index is -1.52. The molecule has 2 aliphatic rings. The smallest absolute Gasteiger partial charge is 0.281 e. The number of carbonyl (C=O) groups excluding carboxylic acids is 2. The van der Waals surface area contributed by atoms with E-state index in [0.29, 0.717) is 28.5 Å². The number of fused-ring (bicyclic) bond motifs is 1. The van der Waals surface area contributed by atoms with Gasteiger partial charge in [-0.05, 0) is 48.9 Å². The maximum absolute atomic E-state index is 13.6. The van der Waals surface area contributed by atoms with Gasteiger partial charge in [-0.25, -0.2) is 4.99 Å². The van der Waals surface area contributed by atoms with Crippen LogP contribution < -0.4 is 14.8 Å². The van der Waals surface area contributed by atoms with E-state index >= 15 is 0 Å². The lowest BCUT2D eigenvalue weighted by Gasteiger charge is -2.27. The van der Waals surface area contributed by atoms with Crippen LogP contribution in [0.4, 0.5) is 0 Å². The van der Waals surface area contributed by atoms with Gasteiger partial charge < -0.3 is 14.8 Å². The lowest BCUT2D eigenvalue weighted by atomic mass is 9.97. The summed E-state index contributed by atoms with van der Waals surface area (Å²) in [6, 6.07) is 14.1. The third kappa shape index (κ3) is 3.70. The van der Waals surface area contributed by atoms with Crippen LogP contribution in [0.25, 0.3) is 0 Å². The van der Waals surface area contributed by atoms with E-state index in [-0.39, 0.29) is 18.2 Å². The number of nitrogens with one attached hydrogen (secondary N) is 1. The van der Waals surface area contributed by atoms with E-state index in [1.807, 2.05) is 19.1 Å². The molecule has 0 aromatic heterocycles. The van der Waals surface area contributed by atoms with Crippen LogP contribution >= 0.6 is 0 Å². The largest absolute Gasteiger partial charge is 0.497 e. The van der Waals surface area contributed by atoms with Crippen molar-refractivity contribution >= 4 is 17.6 Å². The predicted molar refractivity (Wildman–Crippen MR) is 117 cm³/mol. The van der Waals surface area contributed by atoms with Gasteiger partial charge in [0.1, 0.15) is 17.3 Å². The quantitative estimate of drug-likeness (QED) is 0.783. The molecule has 4 rings (SSSR count). The fraction of sp³-hybridized carbons (Fsp3) is 0.208. The number of allylic oxidation sites excluding steroid dienone is 2. The summed E-state index contributed by atoms with van der Waals surface area (Å²) in [4.78, 5) is 32.9. The van der Waals surface area contributed by atoms with Crippen LogP contribution in [0.2, 0.25) is 0 Å². The van der Waals surface area contributed by atoms with Gasteiger partial charge in [-0.2, -0.15) is 0 Å². The number of ether oxygens (including phenoxy) is 2. The topological polar surface area (TPSA) is 80.2 Å². The summed E-state index contributed by atoms with van der Waals surface area (Å²) < 4.78 is 10.8. The van der Waals surface area contributed by atoms with Crippen molar-refractivity contribution in [3.8, 4) is 11.5 Å². The Bertz CT molecular complexity index is 1120. The molecule has 2 aromatic rings. The van der Waals surface area contributed by atoms with Gasteiger partial charge in [0.05, 0.1) is 14.2 Å². The second-order valence-corrected chi connectivity index (χ2v) is 7.34. The molecule has 0 saturated carbocycles. The second kappa shape index (κ2) is 8.10. The summed E-state index contributed by atoms with van der Waals surface area (Å²) >= 11 is 0. The fourth-order valence-corrected chi connectivity index (χ4v) is 3.73. The Morgan fingerprint density at radius 3 is 2.58 bits per heavy atom. The molecular formula is C24H23N3O4. The van der Waals surface area contributed by atoms with Crippen LogP contribution in [0.15, 0.2) is 77.4 Å². The fourth-order valence-electron chi connectivity index (χ4n) is 3.73. The zero-order valence-corrected chi connectivity index (χ0v) is 17.6. The molecule has 2 aromatic carbocycles. The van der Waals surface area contributed by atoms with Crippen molar-refractivity contribution in [1.29, 1.82) is 0 Å². The molecule has 158 valence electrons. The number of aliphatic imine (C=N–C) groups is 1. The predicted octanol–water partition coefficient (Wildman–Crippen LogP) is 3.09. The van der Waals surface area contributed by atoms with Crippen LogP contribution in [-0.4, -0.2) is 42.4 Å². The lowest BCUT2D eigenvalue weighted by Crippen LogP contribution is -2.55. The van der Waals surface area contributed by atoms with Crippen molar-refractivity contribution in [1.82, 2.24) is 10.2 Å². The van der Waals surface area contributed by atoms with Gasteiger partial charge in [0, 0.05) is 23.7 Å². The Morgan fingerprint density at radius 2 is 1.90 bits per heavy atom. The normalized spacial score (nSPS) is 19.5. The van der Waals surface area contributed by atoms with Crippen molar-refractivity contribution in [2.75, 3.05) is 14.2 Å². The van der Waals surface area contributed by atoms with Gasteiger partial charge in [-0.15, -0.1) is 0 Å².